The number of rotatable bonds is 6. The van der Waals surface area contributed by atoms with E-state index in [4.69, 9.17) is 8.60 Å². The van der Waals surface area contributed by atoms with Gasteiger partial charge in [-0.15, -0.1) is 0 Å². The minimum atomic E-state index is -4.78. The summed E-state index contributed by atoms with van der Waals surface area (Å²) in [4.78, 5) is 12.0. The molecule has 8 nitrogen and oxygen atoms in total. The summed E-state index contributed by atoms with van der Waals surface area (Å²) < 4.78 is 99.7. The molecule has 36 heavy (non-hydrogen) atoms. The van der Waals surface area contributed by atoms with Crippen LogP contribution in [0.5, 0.6) is 5.75 Å². The molecule has 0 saturated heterocycles. The minimum Gasteiger partial charge on any atom is -0.755 e. The topological polar surface area (TPSA) is 117 Å². The van der Waals surface area contributed by atoms with E-state index >= 15 is 0 Å². The minimum absolute atomic E-state index is 0.0896. The first kappa shape index (κ1) is 25.9. The summed E-state index contributed by atoms with van der Waals surface area (Å²) in [5.41, 5.74) is -2.97. The van der Waals surface area contributed by atoms with Crippen LogP contribution in [0.2, 0.25) is 0 Å². The summed E-state index contributed by atoms with van der Waals surface area (Å²) in [6, 6.07) is 14.0. The van der Waals surface area contributed by atoms with Crippen molar-refractivity contribution >= 4 is 59.7 Å². The van der Waals surface area contributed by atoms with Crippen molar-refractivity contribution in [2.24, 2.45) is 0 Å². The third-order valence-electron chi connectivity index (χ3n) is 4.77. The molecule has 0 saturated carbocycles. The number of para-hydroxylation sites is 1. The molecule has 0 bridgehead atoms. The van der Waals surface area contributed by atoms with Gasteiger partial charge in [-0.2, -0.15) is 21.6 Å². The third-order valence-corrected chi connectivity index (χ3v) is 7.19. The second-order valence-electron chi connectivity index (χ2n) is 7.15. The summed E-state index contributed by atoms with van der Waals surface area (Å²) in [5.74, 6) is -0.481. The number of hydrogen-bond acceptors (Lipinski definition) is 7. The maximum Gasteiger partial charge on any atom is 0.416 e. The van der Waals surface area contributed by atoms with E-state index in [1.807, 2.05) is 0 Å². The van der Waals surface area contributed by atoms with Crippen LogP contribution in [0.1, 0.15) is 5.56 Å². The summed E-state index contributed by atoms with van der Waals surface area (Å²) in [6.45, 7) is 0. The Labute approximate surface area is 212 Å². The Morgan fingerprint density at radius 3 is 2.36 bits per heavy atom. The molecule has 1 atom stereocenters. The highest BCUT2D eigenvalue weighted by Gasteiger charge is 2.32. The molecule has 0 aliphatic rings. The third kappa shape index (κ3) is 5.31. The lowest BCUT2D eigenvalue weighted by Gasteiger charge is -2.25. The Morgan fingerprint density at radius 2 is 1.69 bits per heavy atom. The SMILES string of the molecule is O=c1oc2c(OS(=O)(=O)c3cccc(C(F)(F)F)c3)cccc2cc1N(c1cccc(Br)c1)S(=O)[O-]. The van der Waals surface area contributed by atoms with Crippen molar-refractivity contribution in [3.8, 4) is 5.75 Å². The average Bonchev–Trinajstić information content (AvgIpc) is 2.79. The highest BCUT2D eigenvalue weighted by molar-refractivity contribution is 9.10. The Bertz CT molecular complexity index is 1660. The quantitative estimate of drug-likeness (QED) is 0.167. The molecule has 0 aliphatic carbocycles. The van der Waals surface area contributed by atoms with E-state index < -0.39 is 55.1 Å². The summed E-state index contributed by atoms with van der Waals surface area (Å²) >= 11 is 0.278. The lowest BCUT2D eigenvalue weighted by Crippen LogP contribution is -2.25. The lowest BCUT2D eigenvalue weighted by molar-refractivity contribution is -0.137. The Balaban J connectivity index is 1.79. The molecule has 3 aromatic carbocycles. The van der Waals surface area contributed by atoms with E-state index in [1.54, 1.807) is 12.1 Å². The summed E-state index contributed by atoms with van der Waals surface area (Å²) in [6.07, 6.45) is -4.78. The second-order valence-corrected chi connectivity index (χ2v) is 10.4. The zero-order valence-corrected chi connectivity index (χ0v) is 20.8. The fourth-order valence-electron chi connectivity index (χ4n) is 3.22. The molecule has 0 radical (unpaired) electrons. The normalized spacial score (nSPS) is 12.9. The molecule has 14 heteroatoms. The molecule has 4 aromatic rings. The van der Waals surface area contributed by atoms with Crippen LogP contribution in [0.15, 0.2) is 91.4 Å². The van der Waals surface area contributed by atoms with Gasteiger partial charge >= 0.3 is 21.9 Å². The monoisotopic (exact) mass is 602 g/mol. The number of alkyl halides is 3. The molecule has 0 fully saturated rings. The fourth-order valence-corrected chi connectivity index (χ4v) is 5.16. The van der Waals surface area contributed by atoms with Crippen molar-refractivity contribution in [1.82, 2.24) is 0 Å². The van der Waals surface area contributed by atoms with E-state index in [-0.39, 0.29) is 16.7 Å². The Morgan fingerprint density at radius 1 is 1.00 bits per heavy atom. The number of halogens is 4. The second kappa shape index (κ2) is 9.69. The fraction of sp³-hybridized carbons (Fsp3) is 0.0455. The molecular formula is C22H12BrF3NO7S2-. The van der Waals surface area contributed by atoms with Gasteiger partial charge in [-0.3, -0.25) is 8.51 Å². The predicted molar refractivity (Wildman–Crippen MR) is 127 cm³/mol. The first-order chi connectivity index (χ1) is 16.9. The first-order valence-corrected chi connectivity index (χ1v) is 12.9. The van der Waals surface area contributed by atoms with Crippen molar-refractivity contribution in [2.75, 3.05) is 4.31 Å². The van der Waals surface area contributed by atoms with Crippen LogP contribution in [0.25, 0.3) is 11.0 Å². The van der Waals surface area contributed by atoms with Crippen molar-refractivity contribution in [3.05, 3.63) is 93.3 Å². The van der Waals surface area contributed by atoms with E-state index in [9.17, 15) is 35.1 Å². The van der Waals surface area contributed by atoms with Crippen LogP contribution in [0, 0.1) is 0 Å². The van der Waals surface area contributed by atoms with Gasteiger partial charge in [0.05, 0.1) is 22.5 Å². The number of benzene rings is 3. The van der Waals surface area contributed by atoms with Gasteiger partial charge in [0.2, 0.25) is 0 Å². The molecule has 0 spiro atoms. The molecule has 1 unspecified atom stereocenters. The van der Waals surface area contributed by atoms with Gasteiger partial charge in [-0.25, -0.2) is 4.79 Å². The van der Waals surface area contributed by atoms with Gasteiger partial charge in [-0.05, 0) is 48.5 Å². The number of nitrogens with zero attached hydrogens (tertiary/aromatic N) is 1. The summed E-state index contributed by atoms with van der Waals surface area (Å²) in [7, 11) is -4.76. The van der Waals surface area contributed by atoms with Crippen molar-refractivity contribution < 1.29 is 39.0 Å². The first-order valence-electron chi connectivity index (χ1n) is 9.70. The standard InChI is InChI=1S/C22H13BrF3NO7S2/c23-15-6-3-7-16(12-15)27(35(29)30)18-10-13-4-1-9-19(20(13)33-21(18)28)34-36(31,32)17-8-2-5-14(11-17)22(24,25)26/h1-12H,(H,29,30)/p-1. The van der Waals surface area contributed by atoms with Crippen LogP contribution >= 0.6 is 15.9 Å². The maximum absolute atomic E-state index is 13.0. The van der Waals surface area contributed by atoms with E-state index in [2.05, 4.69) is 15.9 Å². The van der Waals surface area contributed by atoms with Crippen LogP contribution < -0.4 is 14.1 Å². The van der Waals surface area contributed by atoms with Crippen molar-refractivity contribution in [3.63, 3.8) is 0 Å². The van der Waals surface area contributed by atoms with Gasteiger partial charge < -0.3 is 13.2 Å². The van der Waals surface area contributed by atoms with Gasteiger partial charge in [0.25, 0.3) is 0 Å². The van der Waals surface area contributed by atoms with Gasteiger partial charge in [-0.1, -0.05) is 40.2 Å². The average molecular weight is 603 g/mol. The van der Waals surface area contributed by atoms with E-state index in [0.717, 1.165) is 24.3 Å². The number of fused-ring (bicyclic) bond motifs is 1. The maximum atomic E-state index is 13.0. The van der Waals surface area contributed by atoms with Crippen LogP contribution in [0.3, 0.4) is 0 Å². The molecule has 0 amide bonds. The van der Waals surface area contributed by atoms with Crippen molar-refractivity contribution in [2.45, 2.75) is 11.1 Å². The number of hydrogen-bond donors (Lipinski definition) is 0. The predicted octanol–water partition coefficient (Wildman–Crippen LogP) is 5.27. The van der Waals surface area contributed by atoms with Crippen LogP contribution in [0.4, 0.5) is 24.5 Å². The molecule has 188 valence electrons. The Kier molecular flexibility index (Phi) is 6.96. The smallest absolute Gasteiger partial charge is 0.416 e. The molecule has 0 N–H and O–H groups in total. The molecular weight excluding hydrogens is 591 g/mol. The largest absolute Gasteiger partial charge is 0.755 e. The highest BCUT2D eigenvalue weighted by Crippen LogP contribution is 2.34. The lowest BCUT2D eigenvalue weighted by atomic mass is 10.2. The zero-order chi connectivity index (χ0) is 26.3. The molecule has 0 aliphatic heterocycles. The van der Waals surface area contributed by atoms with Gasteiger partial charge in [0.1, 0.15) is 10.6 Å². The van der Waals surface area contributed by atoms with Crippen LogP contribution in [-0.2, 0) is 27.6 Å². The van der Waals surface area contributed by atoms with E-state index in [0.29, 0.717) is 20.9 Å². The van der Waals surface area contributed by atoms with Gasteiger partial charge in [0, 0.05) is 9.86 Å². The van der Waals surface area contributed by atoms with Crippen LogP contribution in [-0.4, -0.2) is 17.2 Å². The molecule has 1 heterocycles. The molecule has 4 rings (SSSR count). The summed E-state index contributed by atoms with van der Waals surface area (Å²) in [5, 5.41) is 0.0896. The van der Waals surface area contributed by atoms with E-state index in [1.165, 1.54) is 24.3 Å². The number of anilines is 2. The zero-order valence-electron chi connectivity index (χ0n) is 17.6. The van der Waals surface area contributed by atoms with Crippen molar-refractivity contribution in [1.29, 1.82) is 0 Å². The molecule has 1 aromatic heterocycles. The Hall–Kier alpha value is -3.20. The van der Waals surface area contributed by atoms with Gasteiger partial charge in [0.15, 0.2) is 11.3 Å². The highest BCUT2D eigenvalue weighted by atomic mass is 79.9.